The molecule has 0 unspecified atom stereocenters. The SMILES string of the molecule is Cc1cnc(C(=O)OCC(=O)N[C@@](C)(C#N)C2CC2)cn1. The van der Waals surface area contributed by atoms with Gasteiger partial charge < -0.3 is 10.1 Å². The number of aromatic nitrogens is 2. The maximum Gasteiger partial charge on any atom is 0.359 e. The molecule has 0 radical (unpaired) electrons. The molecule has 21 heavy (non-hydrogen) atoms. The summed E-state index contributed by atoms with van der Waals surface area (Å²) in [6, 6.07) is 2.10. The van der Waals surface area contributed by atoms with Gasteiger partial charge in [-0.15, -0.1) is 0 Å². The van der Waals surface area contributed by atoms with E-state index in [1.807, 2.05) is 0 Å². The molecule has 7 heteroatoms. The van der Waals surface area contributed by atoms with Gasteiger partial charge in [0.25, 0.3) is 5.91 Å². The normalized spacial score (nSPS) is 16.4. The molecule has 1 N–H and O–H groups in total. The zero-order valence-electron chi connectivity index (χ0n) is 11.9. The number of esters is 1. The molecular formula is C14H16N4O3. The number of carbonyl (C=O) groups excluding carboxylic acids is 2. The number of hydrogen-bond donors (Lipinski definition) is 1. The molecule has 1 amide bonds. The summed E-state index contributed by atoms with van der Waals surface area (Å²) in [5.41, 5.74) is -0.176. The Hall–Kier alpha value is -2.49. The third-order valence-corrected chi connectivity index (χ3v) is 3.35. The Morgan fingerprint density at radius 1 is 1.48 bits per heavy atom. The molecule has 1 aromatic rings. The van der Waals surface area contributed by atoms with Crippen LogP contribution in [0, 0.1) is 24.2 Å². The molecule has 0 aliphatic heterocycles. The maximum atomic E-state index is 11.8. The molecule has 0 bridgehead atoms. The standard InChI is InChI=1S/C14H16N4O3/c1-9-5-17-11(6-16-9)13(20)21-7-12(19)18-14(2,8-15)10-3-4-10/h5-6,10H,3-4,7H2,1-2H3,(H,18,19)/t14-/m0/s1. The summed E-state index contributed by atoms with van der Waals surface area (Å²) >= 11 is 0. The second-order valence-electron chi connectivity index (χ2n) is 5.26. The smallest absolute Gasteiger partial charge is 0.359 e. The van der Waals surface area contributed by atoms with Gasteiger partial charge in [0, 0.05) is 6.20 Å². The van der Waals surface area contributed by atoms with E-state index in [4.69, 9.17) is 10.00 Å². The largest absolute Gasteiger partial charge is 0.451 e. The highest BCUT2D eigenvalue weighted by Gasteiger charge is 2.43. The van der Waals surface area contributed by atoms with E-state index in [1.165, 1.54) is 12.4 Å². The molecule has 1 atom stereocenters. The van der Waals surface area contributed by atoms with E-state index < -0.39 is 24.0 Å². The van der Waals surface area contributed by atoms with Crippen LogP contribution in [0.2, 0.25) is 0 Å². The van der Waals surface area contributed by atoms with Crippen molar-refractivity contribution in [2.24, 2.45) is 5.92 Å². The van der Waals surface area contributed by atoms with Gasteiger partial charge in [-0.05, 0) is 32.6 Å². The van der Waals surface area contributed by atoms with E-state index in [0.29, 0.717) is 5.69 Å². The number of nitriles is 1. The first-order valence-electron chi connectivity index (χ1n) is 6.62. The van der Waals surface area contributed by atoms with E-state index in [1.54, 1.807) is 13.8 Å². The minimum Gasteiger partial charge on any atom is -0.451 e. The maximum absolute atomic E-state index is 11.8. The highest BCUT2D eigenvalue weighted by molar-refractivity contribution is 5.89. The second kappa shape index (κ2) is 5.87. The monoisotopic (exact) mass is 288 g/mol. The fraction of sp³-hybridized carbons (Fsp3) is 0.500. The van der Waals surface area contributed by atoms with Crippen LogP contribution in [0.25, 0.3) is 0 Å². The minimum absolute atomic E-state index is 0.0404. The Labute approximate surface area is 122 Å². The van der Waals surface area contributed by atoms with Gasteiger partial charge >= 0.3 is 5.97 Å². The van der Waals surface area contributed by atoms with Crippen molar-refractivity contribution in [3.8, 4) is 6.07 Å². The van der Waals surface area contributed by atoms with Gasteiger partial charge in [0.2, 0.25) is 0 Å². The Bertz CT molecular complexity index is 589. The molecule has 1 fully saturated rings. The lowest BCUT2D eigenvalue weighted by molar-refractivity contribution is -0.125. The van der Waals surface area contributed by atoms with Crippen molar-refractivity contribution in [2.45, 2.75) is 32.2 Å². The fourth-order valence-electron chi connectivity index (χ4n) is 1.91. The third-order valence-electron chi connectivity index (χ3n) is 3.35. The zero-order valence-corrected chi connectivity index (χ0v) is 11.9. The molecule has 0 saturated heterocycles. The number of amides is 1. The first-order valence-corrected chi connectivity index (χ1v) is 6.62. The van der Waals surface area contributed by atoms with Crippen LogP contribution >= 0.6 is 0 Å². The van der Waals surface area contributed by atoms with Gasteiger partial charge in [-0.2, -0.15) is 5.26 Å². The first-order chi connectivity index (χ1) is 9.94. The summed E-state index contributed by atoms with van der Waals surface area (Å²) in [6.07, 6.45) is 4.57. The predicted molar refractivity (Wildman–Crippen MR) is 71.9 cm³/mol. The Morgan fingerprint density at radius 2 is 2.19 bits per heavy atom. The average Bonchev–Trinajstić information content (AvgIpc) is 3.30. The van der Waals surface area contributed by atoms with Crippen LogP contribution < -0.4 is 5.32 Å². The molecule has 1 heterocycles. The number of hydrogen-bond acceptors (Lipinski definition) is 6. The number of nitrogens with zero attached hydrogens (tertiary/aromatic N) is 3. The fourth-order valence-corrected chi connectivity index (χ4v) is 1.91. The van der Waals surface area contributed by atoms with Crippen LogP contribution in [0.5, 0.6) is 0 Å². The number of ether oxygens (including phenoxy) is 1. The Kier molecular flexibility index (Phi) is 4.17. The highest BCUT2D eigenvalue weighted by Crippen LogP contribution is 2.39. The summed E-state index contributed by atoms with van der Waals surface area (Å²) < 4.78 is 4.86. The molecule has 1 aliphatic carbocycles. The summed E-state index contributed by atoms with van der Waals surface area (Å²) in [4.78, 5) is 31.2. The minimum atomic E-state index is -0.896. The van der Waals surface area contributed by atoms with Crippen molar-refractivity contribution in [3.63, 3.8) is 0 Å². The van der Waals surface area contributed by atoms with Crippen molar-refractivity contribution in [1.29, 1.82) is 5.26 Å². The molecule has 0 aromatic carbocycles. The third kappa shape index (κ3) is 3.75. The molecule has 1 aromatic heterocycles. The number of carbonyl (C=O) groups is 2. The molecule has 1 saturated carbocycles. The summed E-state index contributed by atoms with van der Waals surface area (Å²) in [5.74, 6) is -1.05. The second-order valence-corrected chi connectivity index (χ2v) is 5.26. The summed E-state index contributed by atoms with van der Waals surface area (Å²) in [7, 11) is 0. The summed E-state index contributed by atoms with van der Waals surface area (Å²) in [6.45, 7) is 2.98. The van der Waals surface area contributed by atoms with Crippen LogP contribution in [0.4, 0.5) is 0 Å². The Morgan fingerprint density at radius 3 is 2.71 bits per heavy atom. The number of aryl methyl sites for hydroxylation is 1. The van der Waals surface area contributed by atoms with E-state index in [9.17, 15) is 9.59 Å². The Balaban J connectivity index is 1.85. The molecular weight excluding hydrogens is 272 g/mol. The van der Waals surface area contributed by atoms with Gasteiger partial charge in [-0.25, -0.2) is 9.78 Å². The van der Waals surface area contributed by atoms with Gasteiger partial charge in [0.1, 0.15) is 5.54 Å². The van der Waals surface area contributed by atoms with E-state index in [2.05, 4.69) is 21.4 Å². The van der Waals surface area contributed by atoms with Crippen molar-refractivity contribution in [1.82, 2.24) is 15.3 Å². The quantitative estimate of drug-likeness (QED) is 0.801. The van der Waals surface area contributed by atoms with Crippen LogP contribution in [-0.4, -0.2) is 34.0 Å². The van der Waals surface area contributed by atoms with Crippen LogP contribution in [0.3, 0.4) is 0 Å². The molecule has 7 nitrogen and oxygen atoms in total. The topological polar surface area (TPSA) is 105 Å². The van der Waals surface area contributed by atoms with Gasteiger partial charge in [-0.1, -0.05) is 0 Å². The molecule has 110 valence electrons. The number of nitrogens with one attached hydrogen (secondary N) is 1. The van der Waals surface area contributed by atoms with E-state index in [-0.39, 0.29) is 11.6 Å². The molecule has 2 rings (SSSR count). The van der Waals surface area contributed by atoms with Crippen LogP contribution in [0.15, 0.2) is 12.4 Å². The molecule has 0 spiro atoms. The highest BCUT2D eigenvalue weighted by atomic mass is 16.5. The van der Waals surface area contributed by atoms with Gasteiger partial charge in [0.15, 0.2) is 12.3 Å². The average molecular weight is 288 g/mol. The van der Waals surface area contributed by atoms with Gasteiger partial charge in [-0.3, -0.25) is 9.78 Å². The van der Waals surface area contributed by atoms with Crippen molar-refractivity contribution in [2.75, 3.05) is 6.61 Å². The van der Waals surface area contributed by atoms with Crippen LogP contribution in [0.1, 0.15) is 35.9 Å². The zero-order chi connectivity index (χ0) is 15.5. The van der Waals surface area contributed by atoms with Crippen LogP contribution in [-0.2, 0) is 9.53 Å². The van der Waals surface area contributed by atoms with E-state index in [0.717, 1.165) is 12.8 Å². The lowest BCUT2D eigenvalue weighted by Crippen LogP contribution is -2.48. The van der Waals surface area contributed by atoms with Gasteiger partial charge in [0.05, 0.1) is 18.0 Å². The summed E-state index contributed by atoms with van der Waals surface area (Å²) in [5, 5.41) is 11.7. The van der Waals surface area contributed by atoms with E-state index >= 15 is 0 Å². The molecule has 1 aliphatic rings. The predicted octanol–water partition coefficient (Wildman–Crippen LogP) is 0.750. The lowest BCUT2D eigenvalue weighted by atomic mass is 9.98. The van der Waals surface area contributed by atoms with Crippen molar-refractivity contribution in [3.05, 3.63) is 23.8 Å². The van der Waals surface area contributed by atoms with Crippen molar-refractivity contribution < 1.29 is 14.3 Å². The first kappa shape index (κ1) is 14.9. The lowest BCUT2D eigenvalue weighted by Gasteiger charge is -2.22. The van der Waals surface area contributed by atoms with Crippen molar-refractivity contribution >= 4 is 11.9 Å². The number of rotatable bonds is 5.